The van der Waals surface area contributed by atoms with Crippen LogP contribution in [-0.4, -0.2) is 17.3 Å². The van der Waals surface area contributed by atoms with Gasteiger partial charge in [-0.2, -0.15) is 0 Å². The molecule has 11 heavy (non-hydrogen) atoms. The summed E-state index contributed by atoms with van der Waals surface area (Å²) in [5.74, 6) is 0.242. The predicted molar refractivity (Wildman–Crippen MR) is 52.9 cm³/mol. The van der Waals surface area contributed by atoms with Crippen molar-refractivity contribution >= 4 is 29.3 Å². The Morgan fingerprint density at radius 1 is 1.73 bits per heavy atom. The Hall–Kier alpha value is 0.110. The molecule has 1 unspecified atom stereocenters. The summed E-state index contributed by atoms with van der Waals surface area (Å²) in [6, 6.07) is 0. The summed E-state index contributed by atoms with van der Waals surface area (Å²) in [6.07, 6.45) is 2.99. The van der Waals surface area contributed by atoms with Gasteiger partial charge in [-0.25, -0.2) is 0 Å². The van der Waals surface area contributed by atoms with Crippen LogP contribution in [0.2, 0.25) is 0 Å². The minimum Gasteiger partial charge on any atom is -0.295 e. The van der Waals surface area contributed by atoms with Crippen LogP contribution in [0.5, 0.6) is 0 Å². The van der Waals surface area contributed by atoms with Crippen LogP contribution >= 0.6 is 23.5 Å². The number of Topliss-reactive ketones (excluding diaryl/α,β-unsaturated/α-hetero) is 1. The first-order valence-electron chi connectivity index (χ1n) is 3.60. The van der Waals surface area contributed by atoms with Gasteiger partial charge in [0.1, 0.15) is 0 Å². The molecule has 0 saturated heterocycles. The van der Waals surface area contributed by atoms with Crippen molar-refractivity contribution in [3.63, 3.8) is 0 Å². The summed E-state index contributed by atoms with van der Waals surface area (Å²) in [7, 11) is 0. The maximum Gasteiger partial charge on any atom is 0.157 e. The molecule has 1 heterocycles. The zero-order chi connectivity index (χ0) is 8.43. The van der Waals surface area contributed by atoms with E-state index in [9.17, 15) is 4.79 Å². The molecule has 1 rings (SSSR count). The molecule has 0 aliphatic carbocycles. The molecular formula is C8H12OS2. The summed E-state index contributed by atoms with van der Waals surface area (Å²) in [5.41, 5.74) is 1.04. The SMILES string of the molecule is CSC1=C(C(C)=O)CC(C)S1. The minimum absolute atomic E-state index is 0.242. The fourth-order valence-electron chi connectivity index (χ4n) is 1.13. The van der Waals surface area contributed by atoms with Crippen LogP contribution in [0.25, 0.3) is 0 Å². The van der Waals surface area contributed by atoms with Crippen LogP contribution in [0.15, 0.2) is 9.81 Å². The highest BCUT2D eigenvalue weighted by molar-refractivity contribution is 8.22. The monoisotopic (exact) mass is 188 g/mol. The van der Waals surface area contributed by atoms with Gasteiger partial charge in [0.05, 0.1) is 0 Å². The molecule has 1 atom stereocenters. The third-order valence-electron chi connectivity index (χ3n) is 1.66. The summed E-state index contributed by atoms with van der Waals surface area (Å²) >= 11 is 3.52. The van der Waals surface area contributed by atoms with E-state index in [2.05, 4.69) is 6.92 Å². The van der Waals surface area contributed by atoms with Crippen LogP contribution in [0.3, 0.4) is 0 Å². The molecular weight excluding hydrogens is 176 g/mol. The van der Waals surface area contributed by atoms with E-state index < -0.39 is 0 Å². The van der Waals surface area contributed by atoms with Crippen molar-refractivity contribution < 1.29 is 4.79 Å². The number of carbonyl (C=O) groups is 1. The second-order valence-corrected chi connectivity index (χ2v) is 5.18. The molecule has 3 heteroatoms. The van der Waals surface area contributed by atoms with Gasteiger partial charge in [-0.15, -0.1) is 23.5 Å². The van der Waals surface area contributed by atoms with Gasteiger partial charge < -0.3 is 0 Å². The third-order valence-corrected chi connectivity index (χ3v) is 4.09. The highest BCUT2D eigenvalue weighted by Crippen LogP contribution is 2.43. The van der Waals surface area contributed by atoms with Crippen molar-refractivity contribution in [2.45, 2.75) is 25.5 Å². The lowest BCUT2D eigenvalue weighted by atomic mass is 10.1. The molecule has 0 aromatic carbocycles. The molecule has 1 aliphatic rings. The number of hydrogen-bond acceptors (Lipinski definition) is 3. The van der Waals surface area contributed by atoms with Crippen molar-refractivity contribution in [3.05, 3.63) is 9.81 Å². The number of thioether (sulfide) groups is 2. The van der Waals surface area contributed by atoms with E-state index in [1.807, 2.05) is 18.0 Å². The first-order valence-corrected chi connectivity index (χ1v) is 5.70. The van der Waals surface area contributed by atoms with E-state index >= 15 is 0 Å². The second kappa shape index (κ2) is 3.68. The maximum atomic E-state index is 11.1. The molecule has 0 N–H and O–H groups in total. The molecule has 0 bridgehead atoms. The predicted octanol–water partition coefficient (Wildman–Crippen LogP) is 2.68. The molecule has 1 aliphatic heterocycles. The lowest BCUT2D eigenvalue weighted by Gasteiger charge is -1.97. The Kier molecular flexibility index (Phi) is 3.07. The van der Waals surface area contributed by atoms with E-state index in [1.54, 1.807) is 18.7 Å². The lowest BCUT2D eigenvalue weighted by molar-refractivity contribution is -0.113. The van der Waals surface area contributed by atoms with Crippen LogP contribution < -0.4 is 0 Å². The van der Waals surface area contributed by atoms with Gasteiger partial charge in [0.25, 0.3) is 0 Å². The minimum atomic E-state index is 0.242. The van der Waals surface area contributed by atoms with Crippen molar-refractivity contribution in [2.24, 2.45) is 0 Å². The van der Waals surface area contributed by atoms with Crippen molar-refractivity contribution in [1.82, 2.24) is 0 Å². The van der Waals surface area contributed by atoms with Crippen molar-refractivity contribution in [1.29, 1.82) is 0 Å². The van der Waals surface area contributed by atoms with Crippen molar-refractivity contribution in [2.75, 3.05) is 6.26 Å². The number of carbonyl (C=O) groups excluding carboxylic acids is 1. The summed E-state index contributed by atoms with van der Waals surface area (Å²) in [4.78, 5) is 11.1. The first kappa shape index (κ1) is 9.20. The van der Waals surface area contributed by atoms with Gasteiger partial charge in [0.15, 0.2) is 5.78 Å². The van der Waals surface area contributed by atoms with Gasteiger partial charge in [0.2, 0.25) is 0 Å². The molecule has 0 fully saturated rings. The largest absolute Gasteiger partial charge is 0.295 e. The van der Waals surface area contributed by atoms with E-state index in [0.29, 0.717) is 5.25 Å². The quantitative estimate of drug-likeness (QED) is 0.663. The van der Waals surface area contributed by atoms with Gasteiger partial charge in [-0.1, -0.05) is 6.92 Å². The Morgan fingerprint density at radius 2 is 2.36 bits per heavy atom. The lowest BCUT2D eigenvalue weighted by Crippen LogP contribution is -1.97. The fourth-order valence-corrected chi connectivity index (χ4v) is 3.46. The standard InChI is InChI=1S/C8H12OS2/c1-5-4-7(6(2)9)8(10-3)11-5/h5H,4H2,1-3H3. The van der Waals surface area contributed by atoms with Crippen LogP contribution in [0.4, 0.5) is 0 Å². The van der Waals surface area contributed by atoms with E-state index in [-0.39, 0.29) is 5.78 Å². The van der Waals surface area contributed by atoms with Crippen molar-refractivity contribution in [3.8, 4) is 0 Å². The summed E-state index contributed by atoms with van der Waals surface area (Å²) in [6.45, 7) is 3.82. The topological polar surface area (TPSA) is 17.1 Å². The zero-order valence-electron chi connectivity index (χ0n) is 7.01. The molecule has 0 spiro atoms. The first-order chi connectivity index (χ1) is 5.15. The Bertz CT molecular complexity index is 208. The average Bonchev–Trinajstić information content (AvgIpc) is 2.30. The average molecular weight is 188 g/mol. The van der Waals surface area contributed by atoms with Crippen LogP contribution in [0.1, 0.15) is 20.3 Å². The Balaban J connectivity index is 2.79. The highest BCUT2D eigenvalue weighted by Gasteiger charge is 2.23. The highest BCUT2D eigenvalue weighted by atomic mass is 32.2. The normalized spacial score (nSPS) is 24.5. The molecule has 0 aromatic rings. The smallest absolute Gasteiger partial charge is 0.157 e. The summed E-state index contributed by atoms with van der Waals surface area (Å²) < 4.78 is 1.23. The number of allylic oxidation sites excluding steroid dienone is 1. The number of rotatable bonds is 2. The Morgan fingerprint density at radius 3 is 2.73 bits per heavy atom. The molecule has 0 radical (unpaired) electrons. The molecule has 62 valence electrons. The van der Waals surface area contributed by atoms with Gasteiger partial charge >= 0.3 is 0 Å². The zero-order valence-corrected chi connectivity index (χ0v) is 8.64. The summed E-state index contributed by atoms with van der Waals surface area (Å²) in [5, 5.41) is 0.594. The number of hydrogen-bond donors (Lipinski definition) is 0. The molecule has 0 amide bonds. The van der Waals surface area contributed by atoms with Crippen LogP contribution in [-0.2, 0) is 4.79 Å². The van der Waals surface area contributed by atoms with E-state index in [4.69, 9.17) is 0 Å². The second-order valence-electron chi connectivity index (χ2n) is 2.66. The maximum absolute atomic E-state index is 11.1. The number of ketones is 1. The van der Waals surface area contributed by atoms with Gasteiger partial charge in [0, 0.05) is 15.1 Å². The molecule has 1 nitrogen and oxygen atoms in total. The molecule has 0 aromatic heterocycles. The van der Waals surface area contributed by atoms with Gasteiger partial charge in [-0.3, -0.25) is 4.79 Å². The van der Waals surface area contributed by atoms with Gasteiger partial charge in [-0.05, 0) is 19.6 Å². The fraction of sp³-hybridized carbons (Fsp3) is 0.625. The third kappa shape index (κ3) is 2.03. The van der Waals surface area contributed by atoms with Crippen LogP contribution in [0, 0.1) is 0 Å². The van der Waals surface area contributed by atoms with E-state index in [0.717, 1.165) is 12.0 Å². The molecule has 0 saturated carbocycles. The van der Waals surface area contributed by atoms with E-state index in [1.165, 1.54) is 4.24 Å². The Labute approximate surface area is 76.0 Å².